The Kier molecular flexibility index (Phi) is 5.31. The zero-order valence-corrected chi connectivity index (χ0v) is 13.9. The van der Waals surface area contributed by atoms with Gasteiger partial charge in [-0.3, -0.25) is 9.58 Å². The number of aromatic nitrogens is 2. The lowest BCUT2D eigenvalue weighted by molar-refractivity contribution is 0.120. The molecule has 1 fully saturated rings. The summed E-state index contributed by atoms with van der Waals surface area (Å²) in [7, 11) is 2.23. The van der Waals surface area contributed by atoms with Gasteiger partial charge < -0.3 is 10.6 Å². The van der Waals surface area contributed by atoms with Crippen molar-refractivity contribution < 1.29 is 0 Å². The van der Waals surface area contributed by atoms with Crippen LogP contribution < -0.4 is 5.73 Å². The third-order valence-electron chi connectivity index (χ3n) is 4.77. The van der Waals surface area contributed by atoms with Gasteiger partial charge in [0.25, 0.3) is 0 Å². The van der Waals surface area contributed by atoms with Crippen LogP contribution in [0.2, 0.25) is 0 Å². The molecular formula is C18H27N5. The van der Waals surface area contributed by atoms with Gasteiger partial charge in [0.15, 0.2) is 0 Å². The van der Waals surface area contributed by atoms with Gasteiger partial charge in [-0.2, -0.15) is 5.10 Å². The van der Waals surface area contributed by atoms with Crippen LogP contribution in [0.1, 0.15) is 18.4 Å². The van der Waals surface area contributed by atoms with Crippen molar-refractivity contribution in [3.8, 4) is 0 Å². The summed E-state index contributed by atoms with van der Waals surface area (Å²) in [6, 6.07) is 10.9. The molecule has 2 aromatic rings. The average molecular weight is 313 g/mol. The highest BCUT2D eigenvalue weighted by Crippen LogP contribution is 2.18. The van der Waals surface area contributed by atoms with Gasteiger partial charge in [-0.25, -0.2) is 0 Å². The Labute approximate surface area is 138 Å². The van der Waals surface area contributed by atoms with E-state index in [2.05, 4.69) is 34.1 Å². The fraction of sp³-hybridized carbons (Fsp3) is 0.500. The molecule has 2 N–H and O–H groups in total. The molecule has 0 spiro atoms. The van der Waals surface area contributed by atoms with Crippen LogP contribution >= 0.6 is 0 Å². The lowest BCUT2D eigenvalue weighted by Crippen LogP contribution is -2.43. The SMILES string of the molecule is CN(Cc1cccc(N)c1)C1CCN(CCn2cccn2)CC1. The zero-order valence-electron chi connectivity index (χ0n) is 13.9. The summed E-state index contributed by atoms with van der Waals surface area (Å²) in [4.78, 5) is 5.02. The molecule has 3 rings (SSSR count). The summed E-state index contributed by atoms with van der Waals surface area (Å²) >= 11 is 0. The lowest BCUT2D eigenvalue weighted by Gasteiger charge is -2.36. The first-order chi connectivity index (χ1) is 11.2. The predicted octanol–water partition coefficient (Wildman–Crippen LogP) is 2.06. The van der Waals surface area contributed by atoms with E-state index in [-0.39, 0.29) is 0 Å². The Balaban J connectivity index is 1.43. The second-order valence-corrected chi connectivity index (χ2v) is 6.50. The van der Waals surface area contributed by atoms with Gasteiger partial charge in [0.05, 0.1) is 6.54 Å². The Morgan fingerprint density at radius 3 is 2.74 bits per heavy atom. The molecule has 0 atom stereocenters. The highest BCUT2D eigenvalue weighted by atomic mass is 15.3. The van der Waals surface area contributed by atoms with E-state index >= 15 is 0 Å². The Morgan fingerprint density at radius 2 is 2.04 bits per heavy atom. The normalized spacial score (nSPS) is 17.0. The van der Waals surface area contributed by atoms with Crippen molar-refractivity contribution in [3.63, 3.8) is 0 Å². The molecule has 0 aliphatic carbocycles. The summed E-state index contributed by atoms with van der Waals surface area (Å²) in [5.74, 6) is 0. The first-order valence-corrected chi connectivity index (χ1v) is 8.45. The molecule has 1 aromatic heterocycles. The van der Waals surface area contributed by atoms with Crippen LogP contribution in [0.4, 0.5) is 5.69 Å². The Hall–Kier alpha value is -1.85. The summed E-state index contributed by atoms with van der Waals surface area (Å²) in [6.07, 6.45) is 6.35. The predicted molar refractivity (Wildman–Crippen MR) is 94.0 cm³/mol. The van der Waals surface area contributed by atoms with E-state index < -0.39 is 0 Å². The lowest BCUT2D eigenvalue weighted by atomic mass is 10.0. The van der Waals surface area contributed by atoms with Crippen LogP contribution in [-0.2, 0) is 13.1 Å². The minimum atomic E-state index is 0.664. The van der Waals surface area contributed by atoms with Gasteiger partial charge >= 0.3 is 0 Å². The molecule has 0 amide bonds. The largest absolute Gasteiger partial charge is 0.399 e. The molecular weight excluding hydrogens is 286 g/mol. The zero-order chi connectivity index (χ0) is 16.1. The topological polar surface area (TPSA) is 50.3 Å². The van der Waals surface area contributed by atoms with Crippen LogP contribution in [-0.4, -0.2) is 52.3 Å². The number of nitrogens with two attached hydrogens (primary N) is 1. The monoisotopic (exact) mass is 313 g/mol. The molecule has 23 heavy (non-hydrogen) atoms. The average Bonchev–Trinajstić information content (AvgIpc) is 3.07. The van der Waals surface area contributed by atoms with Crippen LogP contribution in [0.3, 0.4) is 0 Å². The number of benzene rings is 1. The highest BCUT2D eigenvalue weighted by Gasteiger charge is 2.22. The highest BCUT2D eigenvalue weighted by molar-refractivity contribution is 5.40. The van der Waals surface area contributed by atoms with Crippen LogP contribution in [0.15, 0.2) is 42.7 Å². The second kappa shape index (κ2) is 7.62. The van der Waals surface area contributed by atoms with Gasteiger partial charge in [0, 0.05) is 37.2 Å². The Bertz CT molecular complexity index is 587. The Morgan fingerprint density at radius 1 is 1.22 bits per heavy atom. The number of nitrogen functional groups attached to an aromatic ring is 1. The van der Waals surface area contributed by atoms with Crippen molar-refractivity contribution in [2.75, 3.05) is 32.4 Å². The second-order valence-electron chi connectivity index (χ2n) is 6.50. The molecule has 0 radical (unpaired) electrons. The molecule has 1 aliphatic rings. The summed E-state index contributed by atoms with van der Waals surface area (Å²) in [5, 5.41) is 4.27. The molecule has 5 nitrogen and oxygen atoms in total. The molecule has 1 aromatic carbocycles. The van der Waals surface area contributed by atoms with Crippen molar-refractivity contribution >= 4 is 5.69 Å². The van der Waals surface area contributed by atoms with Crippen molar-refractivity contribution in [1.29, 1.82) is 0 Å². The molecule has 2 heterocycles. The maximum absolute atomic E-state index is 5.87. The number of nitrogens with zero attached hydrogens (tertiary/aromatic N) is 4. The van der Waals surface area contributed by atoms with Crippen molar-refractivity contribution in [2.24, 2.45) is 0 Å². The number of piperidine rings is 1. The quantitative estimate of drug-likeness (QED) is 0.830. The summed E-state index contributed by atoms with van der Waals surface area (Å²) in [5.41, 5.74) is 8.02. The van der Waals surface area contributed by atoms with E-state index in [9.17, 15) is 0 Å². The van der Waals surface area contributed by atoms with Gasteiger partial charge in [-0.05, 0) is 56.7 Å². The maximum Gasteiger partial charge on any atom is 0.0536 e. The third kappa shape index (κ3) is 4.56. The summed E-state index contributed by atoms with van der Waals surface area (Å²) < 4.78 is 2.01. The minimum absolute atomic E-state index is 0.664. The maximum atomic E-state index is 5.87. The van der Waals surface area contributed by atoms with Crippen LogP contribution in [0.5, 0.6) is 0 Å². The molecule has 1 saturated heterocycles. The molecule has 0 unspecified atom stereocenters. The van der Waals surface area contributed by atoms with E-state index in [0.29, 0.717) is 6.04 Å². The number of hydrogen-bond donors (Lipinski definition) is 1. The van der Waals surface area contributed by atoms with Crippen molar-refractivity contribution in [1.82, 2.24) is 19.6 Å². The van der Waals surface area contributed by atoms with Gasteiger partial charge in [0.1, 0.15) is 0 Å². The van der Waals surface area contributed by atoms with E-state index in [4.69, 9.17) is 5.73 Å². The number of anilines is 1. The first-order valence-electron chi connectivity index (χ1n) is 8.45. The number of hydrogen-bond acceptors (Lipinski definition) is 4. The smallest absolute Gasteiger partial charge is 0.0536 e. The standard InChI is InChI=1S/C18H27N5/c1-21(15-16-4-2-5-17(19)14-16)18-6-10-22(11-7-18)12-13-23-9-3-8-20-23/h2-5,8-9,14,18H,6-7,10-13,15,19H2,1H3. The molecule has 1 aliphatic heterocycles. The van der Waals surface area contributed by atoms with Crippen molar-refractivity contribution in [2.45, 2.75) is 32.0 Å². The fourth-order valence-electron chi connectivity index (χ4n) is 3.37. The summed E-state index contributed by atoms with van der Waals surface area (Å²) in [6.45, 7) is 5.40. The number of rotatable bonds is 6. The van der Waals surface area contributed by atoms with Crippen LogP contribution in [0.25, 0.3) is 0 Å². The fourth-order valence-corrected chi connectivity index (χ4v) is 3.37. The van der Waals surface area contributed by atoms with Gasteiger partial charge in [0.2, 0.25) is 0 Å². The van der Waals surface area contributed by atoms with Gasteiger partial charge in [-0.15, -0.1) is 0 Å². The first kappa shape index (κ1) is 16.0. The minimum Gasteiger partial charge on any atom is -0.399 e. The van der Waals surface area contributed by atoms with E-state index in [1.807, 2.05) is 35.3 Å². The molecule has 0 bridgehead atoms. The van der Waals surface area contributed by atoms with Crippen molar-refractivity contribution in [3.05, 3.63) is 48.3 Å². The molecule has 5 heteroatoms. The molecule has 0 saturated carbocycles. The number of likely N-dealkylation sites (tertiary alicyclic amines) is 1. The molecule has 124 valence electrons. The van der Waals surface area contributed by atoms with E-state index in [0.717, 1.165) is 25.3 Å². The van der Waals surface area contributed by atoms with E-state index in [1.165, 1.54) is 31.5 Å². The van der Waals surface area contributed by atoms with E-state index in [1.54, 1.807) is 0 Å². The van der Waals surface area contributed by atoms with Crippen LogP contribution in [0, 0.1) is 0 Å². The third-order valence-corrected chi connectivity index (χ3v) is 4.77. The van der Waals surface area contributed by atoms with Gasteiger partial charge in [-0.1, -0.05) is 12.1 Å².